The summed E-state index contributed by atoms with van der Waals surface area (Å²) in [6, 6.07) is 0. The molecule has 0 fully saturated rings. The van der Waals surface area contributed by atoms with Crippen LogP contribution in [0.3, 0.4) is 0 Å². The summed E-state index contributed by atoms with van der Waals surface area (Å²) in [5, 5.41) is 8.37. The minimum atomic E-state index is -0.104. The van der Waals surface area contributed by atoms with Crippen LogP contribution in [0.4, 0.5) is 0 Å². The first-order chi connectivity index (χ1) is 4.43. The van der Waals surface area contributed by atoms with E-state index in [9.17, 15) is 0 Å². The largest absolute Gasteiger partial charge is 0.375 e. The maximum atomic E-state index is 8.37. The van der Waals surface area contributed by atoms with Crippen LogP contribution in [0.5, 0.6) is 0 Å². The summed E-state index contributed by atoms with van der Waals surface area (Å²) in [6.45, 7) is -0.104. The Morgan fingerprint density at radius 1 is 1.56 bits per heavy atom. The Hall–Kier alpha value is -0.890. The van der Waals surface area contributed by atoms with Gasteiger partial charge in [-0.15, -0.1) is 0 Å². The van der Waals surface area contributed by atoms with Crippen LogP contribution in [0, 0.1) is 0 Å². The molecule has 0 unspecified atom stereocenters. The lowest BCUT2D eigenvalue weighted by molar-refractivity contribution is 0.309. The molecule has 0 aromatic heterocycles. The number of hydrogen-bond acceptors (Lipinski definition) is 2. The summed E-state index contributed by atoms with van der Waals surface area (Å²) < 4.78 is 0. The molecule has 1 aliphatic rings. The van der Waals surface area contributed by atoms with E-state index >= 15 is 0 Å². The minimum absolute atomic E-state index is 0.104. The van der Waals surface area contributed by atoms with Gasteiger partial charge in [0.05, 0.1) is 0 Å². The van der Waals surface area contributed by atoms with E-state index in [1.54, 1.807) is 0 Å². The van der Waals surface area contributed by atoms with Crippen molar-refractivity contribution in [1.82, 2.24) is 0 Å². The smallest absolute Gasteiger partial charge is 0.134 e. The minimum Gasteiger partial charge on any atom is -0.375 e. The fourth-order valence-electron chi connectivity index (χ4n) is 0.710. The summed E-state index contributed by atoms with van der Waals surface area (Å²) in [5.41, 5.74) is 0.944. The van der Waals surface area contributed by atoms with Crippen molar-refractivity contribution in [1.29, 1.82) is 0 Å². The third-order valence-electron chi connectivity index (χ3n) is 1.14. The van der Waals surface area contributed by atoms with Crippen molar-refractivity contribution in [2.75, 3.05) is 6.73 Å². The molecule has 2 heteroatoms. The Kier molecular flexibility index (Phi) is 2.22. The topological polar surface area (TPSA) is 32.6 Å². The third-order valence-corrected chi connectivity index (χ3v) is 1.14. The number of aliphatic hydroxyl groups excluding tert-OH is 1. The summed E-state index contributed by atoms with van der Waals surface area (Å²) in [6.07, 6.45) is 8.64. The Balaban J connectivity index is 2.55. The zero-order chi connectivity index (χ0) is 6.53. The lowest BCUT2D eigenvalue weighted by atomic mass is 10.2. The van der Waals surface area contributed by atoms with Crippen LogP contribution in [-0.4, -0.2) is 17.5 Å². The highest BCUT2D eigenvalue weighted by molar-refractivity contribution is 5.97. The van der Waals surface area contributed by atoms with E-state index < -0.39 is 0 Å². The second-order valence-corrected chi connectivity index (χ2v) is 1.78. The van der Waals surface area contributed by atoms with Gasteiger partial charge in [0.2, 0.25) is 0 Å². The monoisotopic (exact) mass is 123 g/mol. The van der Waals surface area contributed by atoms with Gasteiger partial charge in [-0.1, -0.05) is 18.2 Å². The molecule has 1 aliphatic carbocycles. The number of hydrogen-bond donors (Lipinski definition) is 1. The summed E-state index contributed by atoms with van der Waals surface area (Å²) in [4.78, 5) is 3.82. The molecule has 0 aromatic rings. The molecule has 0 bridgehead atoms. The number of allylic oxidation sites excluding steroid dienone is 4. The van der Waals surface area contributed by atoms with Crippen molar-refractivity contribution in [3.05, 3.63) is 24.3 Å². The van der Waals surface area contributed by atoms with Crippen LogP contribution in [-0.2, 0) is 0 Å². The predicted molar refractivity (Wildman–Crippen MR) is 37.4 cm³/mol. The van der Waals surface area contributed by atoms with E-state index in [4.69, 9.17) is 5.11 Å². The Morgan fingerprint density at radius 3 is 3.00 bits per heavy atom. The van der Waals surface area contributed by atoms with Gasteiger partial charge < -0.3 is 5.11 Å². The first-order valence-electron chi connectivity index (χ1n) is 2.91. The van der Waals surface area contributed by atoms with E-state index in [0.29, 0.717) is 0 Å². The average Bonchev–Trinajstić information content (AvgIpc) is 1.91. The van der Waals surface area contributed by atoms with Gasteiger partial charge in [0, 0.05) is 12.1 Å². The SMILES string of the molecule is OCN=C1C=CC=CC1. The van der Waals surface area contributed by atoms with Gasteiger partial charge in [-0.2, -0.15) is 0 Å². The molecule has 0 saturated carbocycles. The summed E-state index contributed by atoms with van der Waals surface area (Å²) in [5.74, 6) is 0. The highest BCUT2D eigenvalue weighted by Crippen LogP contribution is 1.98. The Bertz CT molecular complexity index is 168. The first-order valence-corrected chi connectivity index (χ1v) is 2.91. The van der Waals surface area contributed by atoms with Gasteiger partial charge in [0.1, 0.15) is 6.73 Å². The maximum Gasteiger partial charge on any atom is 0.134 e. The van der Waals surface area contributed by atoms with Crippen LogP contribution in [0.2, 0.25) is 0 Å². The molecule has 0 spiro atoms. The molecule has 0 aromatic carbocycles. The molecule has 0 amide bonds. The van der Waals surface area contributed by atoms with Crippen LogP contribution in [0.1, 0.15) is 6.42 Å². The summed E-state index contributed by atoms with van der Waals surface area (Å²) in [7, 11) is 0. The third kappa shape index (κ3) is 1.82. The molecule has 0 atom stereocenters. The maximum absolute atomic E-state index is 8.37. The first kappa shape index (κ1) is 6.23. The average molecular weight is 123 g/mol. The van der Waals surface area contributed by atoms with Crippen molar-refractivity contribution in [3.8, 4) is 0 Å². The van der Waals surface area contributed by atoms with Gasteiger partial charge in [-0.3, -0.25) is 4.99 Å². The molecular weight excluding hydrogens is 114 g/mol. The second-order valence-electron chi connectivity index (χ2n) is 1.78. The number of rotatable bonds is 1. The van der Waals surface area contributed by atoms with Gasteiger partial charge in [-0.25, -0.2) is 0 Å². The van der Waals surface area contributed by atoms with Crippen LogP contribution in [0.25, 0.3) is 0 Å². The van der Waals surface area contributed by atoms with Crippen molar-refractivity contribution in [2.24, 2.45) is 4.99 Å². The van der Waals surface area contributed by atoms with Crippen LogP contribution in [0.15, 0.2) is 29.3 Å². The van der Waals surface area contributed by atoms with Gasteiger partial charge >= 0.3 is 0 Å². The molecule has 2 nitrogen and oxygen atoms in total. The van der Waals surface area contributed by atoms with Crippen molar-refractivity contribution >= 4 is 5.71 Å². The Morgan fingerprint density at radius 2 is 2.44 bits per heavy atom. The molecule has 0 radical (unpaired) electrons. The van der Waals surface area contributed by atoms with Crippen molar-refractivity contribution in [2.45, 2.75) is 6.42 Å². The second kappa shape index (κ2) is 3.20. The van der Waals surface area contributed by atoms with Gasteiger partial charge in [-0.05, 0) is 6.08 Å². The van der Waals surface area contributed by atoms with E-state index in [1.165, 1.54) is 0 Å². The highest BCUT2D eigenvalue weighted by Gasteiger charge is 1.91. The van der Waals surface area contributed by atoms with Crippen molar-refractivity contribution in [3.63, 3.8) is 0 Å². The number of aliphatic imine (C=N–C) groups is 1. The predicted octanol–water partition coefficient (Wildman–Crippen LogP) is 0.893. The van der Waals surface area contributed by atoms with Crippen molar-refractivity contribution < 1.29 is 5.11 Å². The zero-order valence-corrected chi connectivity index (χ0v) is 5.12. The van der Waals surface area contributed by atoms with Gasteiger partial charge in [0.25, 0.3) is 0 Å². The number of nitrogens with zero attached hydrogens (tertiary/aromatic N) is 1. The molecule has 0 heterocycles. The van der Waals surface area contributed by atoms with Gasteiger partial charge in [0.15, 0.2) is 0 Å². The molecule has 48 valence electrons. The molecular formula is C7H9NO. The quantitative estimate of drug-likeness (QED) is 0.552. The number of aliphatic hydroxyl groups is 1. The fraction of sp³-hybridized carbons (Fsp3) is 0.286. The molecule has 0 aliphatic heterocycles. The molecule has 0 saturated heterocycles. The van der Waals surface area contributed by atoms with E-state index in [-0.39, 0.29) is 6.73 Å². The highest BCUT2D eigenvalue weighted by atomic mass is 16.3. The van der Waals surface area contributed by atoms with E-state index in [2.05, 4.69) is 4.99 Å². The lowest BCUT2D eigenvalue weighted by Gasteiger charge is -1.97. The zero-order valence-electron chi connectivity index (χ0n) is 5.12. The normalized spacial score (nSPS) is 21.2. The molecule has 9 heavy (non-hydrogen) atoms. The molecule has 1 N–H and O–H groups in total. The van der Waals surface area contributed by atoms with Crippen LogP contribution >= 0.6 is 0 Å². The standard InChI is InChI=1S/C7H9NO/c9-6-8-7-4-2-1-3-5-7/h1-4,9H,5-6H2. The van der Waals surface area contributed by atoms with Crippen LogP contribution < -0.4 is 0 Å². The fourth-order valence-corrected chi connectivity index (χ4v) is 0.710. The van der Waals surface area contributed by atoms with E-state index in [1.807, 2.05) is 24.3 Å². The Labute approximate surface area is 54.2 Å². The molecule has 1 rings (SSSR count). The van der Waals surface area contributed by atoms with E-state index in [0.717, 1.165) is 12.1 Å². The lowest BCUT2D eigenvalue weighted by Crippen LogP contribution is -1.95. The summed E-state index contributed by atoms with van der Waals surface area (Å²) >= 11 is 0.